The average molecular weight is 261 g/mol. The van der Waals surface area contributed by atoms with E-state index in [0.717, 1.165) is 17.9 Å². The van der Waals surface area contributed by atoms with Crippen LogP contribution < -0.4 is 10.6 Å². The van der Waals surface area contributed by atoms with Gasteiger partial charge in [0.25, 0.3) is 5.91 Å². The number of anilines is 1. The number of nitrogens with one attached hydrogen (secondary N) is 2. The zero-order chi connectivity index (χ0) is 13.8. The molecular formula is C15H23N3O. The molecule has 1 aliphatic carbocycles. The largest absolute Gasteiger partial charge is 0.385 e. The topological polar surface area (TPSA) is 54.0 Å². The maximum Gasteiger partial charge on any atom is 0.255 e. The van der Waals surface area contributed by atoms with Gasteiger partial charge in [-0.2, -0.15) is 0 Å². The van der Waals surface area contributed by atoms with Gasteiger partial charge in [0, 0.05) is 24.5 Å². The highest BCUT2D eigenvalue weighted by Gasteiger charge is 2.25. The summed E-state index contributed by atoms with van der Waals surface area (Å²) in [5, 5.41) is 6.32. The Kier molecular flexibility index (Phi) is 4.40. The maximum atomic E-state index is 12.3. The lowest BCUT2D eigenvalue weighted by Gasteiger charge is -2.32. The maximum absolute atomic E-state index is 12.3. The molecule has 0 spiro atoms. The summed E-state index contributed by atoms with van der Waals surface area (Å²) in [7, 11) is 0. The van der Waals surface area contributed by atoms with Crippen molar-refractivity contribution in [2.75, 3.05) is 11.9 Å². The molecule has 0 radical (unpaired) electrons. The molecule has 1 unspecified atom stereocenters. The van der Waals surface area contributed by atoms with Gasteiger partial charge in [-0.1, -0.05) is 6.42 Å². The quantitative estimate of drug-likeness (QED) is 0.857. The average Bonchev–Trinajstić information content (AvgIpc) is 2.26. The van der Waals surface area contributed by atoms with Gasteiger partial charge in [-0.25, -0.2) is 0 Å². The van der Waals surface area contributed by atoms with E-state index >= 15 is 0 Å². The Labute approximate surface area is 115 Å². The number of carbonyl (C=O) groups is 1. The van der Waals surface area contributed by atoms with Crippen molar-refractivity contribution in [3.05, 3.63) is 23.5 Å². The van der Waals surface area contributed by atoms with Crippen LogP contribution in [0.25, 0.3) is 0 Å². The fourth-order valence-corrected chi connectivity index (χ4v) is 2.42. The highest BCUT2D eigenvalue weighted by atomic mass is 16.1. The van der Waals surface area contributed by atoms with Gasteiger partial charge < -0.3 is 10.6 Å². The van der Waals surface area contributed by atoms with Crippen LogP contribution in [0.2, 0.25) is 0 Å². The lowest BCUT2D eigenvalue weighted by atomic mass is 9.80. The van der Waals surface area contributed by atoms with Crippen LogP contribution >= 0.6 is 0 Å². The third-order valence-corrected chi connectivity index (χ3v) is 3.87. The molecule has 2 rings (SSSR count). The molecule has 19 heavy (non-hydrogen) atoms. The summed E-state index contributed by atoms with van der Waals surface area (Å²) < 4.78 is 0. The number of hydrogen-bond donors (Lipinski definition) is 2. The summed E-state index contributed by atoms with van der Waals surface area (Å²) in [4.78, 5) is 16.5. The van der Waals surface area contributed by atoms with Crippen LogP contribution in [0, 0.1) is 12.8 Å². The molecule has 1 aliphatic rings. The molecule has 0 aliphatic heterocycles. The van der Waals surface area contributed by atoms with Crippen molar-refractivity contribution in [2.24, 2.45) is 5.92 Å². The summed E-state index contributed by atoms with van der Waals surface area (Å²) in [6.45, 7) is 6.84. The molecule has 1 heterocycles. The van der Waals surface area contributed by atoms with Crippen LogP contribution in [-0.4, -0.2) is 23.5 Å². The van der Waals surface area contributed by atoms with E-state index in [1.54, 1.807) is 6.20 Å². The Morgan fingerprint density at radius 1 is 1.53 bits per heavy atom. The molecule has 104 valence electrons. The molecule has 1 amide bonds. The van der Waals surface area contributed by atoms with Crippen LogP contribution in [0.5, 0.6) is 0 Å². The van der Waals surface area contributed by atoms with Gasteiger partial charge in [0.05, 0.1) is 11.3 Å². The zero-order valence-electron chi connectivity index (χ0n) is 12.0. The lowest BCUT2D eigenvalue weighted by Crippen LogP contribution is -2.40. The number of amides is 1. The number of nitrogens with zero attached hydrogens (tertiary/aromatic N) is 1. The summed E-state index contributed by atoms with van der Waals surface area (Å²) in [6, 6.07) is 2.17. The summed E-state index contributed by atoms with van der Waals surface area (Å²) in [5.74, 6) is 0.618. The molecule has 1 atom stereocenters. The van der Waals surface area contributed by atoms with Gasteiger partial charge in [0.1, 0.15) is 0 Å². The minimum atomic E-state index is -0.0251. The number of aromatic nitrogens is 1. The molecule has 4 heteroatoms. The second-order valence-corrected chi connectivity index (χ2v) is 5.35. The van der Waals surface area contributed by atoms with E-state index in [9.17, 15) is 4.79 Å². The van der Waals surface area contributed by atoms with Gasteiger partial charge in [-0.3, -0.25) is 9.78 Å². The van der Waals surface area contributed by atoms with Crippen molar-refractivity contribution in [1.82, 2.24) is 10.3 Å². The Bertz CT molecular complexity index is 455. The first-order valence-corrected chi connectivity index (χ1v) is 7.13. The van der Waals surface area contributed by atoms with E-state index in [1.807, 2.05) is 19.9 Å². The Morgan fingerprint density at radius 3 is 2.84 bits per heavy atom. The van der Waals surface area contributed by atoms with Crippen molar-refractivity contribution in [2.45, 2.75) is 46.1 Å². The van der Waals surface area contributed by atoms with E-state index in [1.165, 1.54) is 19.3 Å². The first-order valence-electron chi connectivity index (χ1n) is 7.13. The minimum Gasteiger partial charge on any atom is -0.385 e. The van der Waals surface area contributed by atoms with Gasteiger partial charge in [0.2, 0.25) is 0 Å². The van der Waals surface area contributed by atoms with E-state index < -0.39 is 0 Å². The molecule has 1 saturated carbocycles. The molecule has 0 bridgehead atoms. The third-order valence-electron chi connectivity index (χ3n) is 3.87. The fourth-order valence-electron chi connectivity index (χ4n) is 2.42. The van der Waals surface area contributed by atoms with Crippen LogP contribution in [0.4, 0.5) is 5.69 Å². The number of hydrogen-bond acceptors (Lipinski definition) is 3. The van der Waals surface area contributed by atoms with Crippen molar-refractivity contribution >= 4 is 11.6 Å². The monoisotopic (exact) mass is 261 g/mol. The molecule has 4 nitrogen and oxygen atoms in total. The number of rotatable bonds is 5. The molecule has 1 aromatic rings. The summed E-state index contributed by atoms with van der Waals surface area (Å²) >= 11 is 0. The van der Waals surface area contributed by atoms with E-state index in [4.69, 9.17) is 0 Å². The highest BCUT2D eigenvalue weighted by molar-refractivity contribution is 5.99. The van der Waals surface area contributed by atoms with E-state index in [-0.39, 0.29) is 11.9 Å². The normalized spacial score (nSPS) is 16.6. The smallest absolute Gasteiger partial charge is 0.255 e. The molecule has 0 saturated heterocycles. The molecule has 1 aromatic heterocycles. The first-order chi connectivity index (χ1) is 9.11. The summed E-state index contributed by atoms with van der Waals surface area (Å²) in [6.07, 6.45) is 5.41. The second-order valence-electron chi connectivity index (χ2n) is 5.35. The Balaban J connectivity index is 2.08. The van der Waals surface area contributed by atoms with Crippen molar-refractivity contribution in [1.29, 1.82) is 0 Å². The Morgan fingerprint density at radius 2 is 2.26 bits per heavy atom. The van der Waals surface area contributed by atoms with E-state index in [2.05, 4.69) is 22.5 Å². The lowest BCUT2D eigenvalue weighted by molar-refractivity contribution is 0.0909. The van der Waals surface area contributed by atoms with Crippen LogP contribution in [-0.2, 0) is 0 Å². The van der Waals surface area contributed by atoms with Gasteiger partial charge in [-0.05, 0) is 45.6 Å². The van der Waals surface area contributed by atoms with Gasteiger partial charge in [-0.15, -0.1) is 0 Å². The third kappa shape index (κ3) is 3.25. The SMILES string of the molecule is CCNc1cc(C)ncc1C(=O)NC(C)C1CCC1. The molecule has 2 N–H and O–H groups in total. The van der Waals surface area contributed by atoms with E-state index in [0.29, 0.717) is 11.5 Å². The zero-order valence-corrected chi connectivity index (χ0v) is 12.0. The highest BCUT2D eigenvalue weighted by Crippen LogP contribution is 2.29. The Hall–Kier alpha value is -1.58. The second kappa shape index (κ2) is 6.04. The first kappa shape index (κ1) is 13.8. The minimum absolute atomic E-state index is 0.0251. The van der Waals surface area contributed by atoms with Crippen molar-refractivity contribution < 1.29 is 4.79 Å². The molecule has 0 aromatic carbocycles. The standard InChI is InChI=1S/C15H23N3O/c1-4-16-14-8-10(2)17-9-13(14)15(19)18-11(3)12-6-5-7-12/h8-9,11-12H,4-7H2,1-3H3,(H,16,17)(H,18,19). The van der Waals surface area contributed by atoms with Crippen LogP contribution in [0.1, 0.15) is 49.2 Å². The number of aryl methyl sites for hydroxylation is 1. The number of pyridine rings is 1. The fraction of sp³-hybridized carbons (Fsp3) is 0.600. The van der Waals surface area contributed by atoms with Crippen LogP contribution in [0.3, 0.4) is 0 Å². The molecular weight excluding hydrogens is 238 g/mol. The molecule has 1 fully saturated rings. The van der Waals surface area contributed by atoms with Gasteiger partial charge in [0.15, 0.2) is 0 Å². The van der Waals surface area contributed by atoms with Crippen LogP contribution in [0.15, 0.2) is 12.3 Å². The summed E-state index contributed by atoms with van der Waals surface area (Å²) in [5.41, 5.74) is 2.42. The predicted octanol–water partition coefficient (Wildman–Crippen LogP) is 2.74. The predicted molar refractivity (Wildman–Crippen MR) is 77.4 cm³/mol. The van der Waals surface area contributed by atoms with Crippen molar-refractivity contribution in [3.8, 4) is 0 Å². The van der Waals surface area contributed by atoms with Gasteiger partial charge >= 0.3 is 0 Å². The van der Waals surface area contributed by atoms with Crippen molar-refractivity contribution in [3.63, 3.8) is 0 Å². The number of carbonyl (C=O) groups excluding carboxylic acids is 1.